The quantitative estimate of drug-likeness (QED) is 0.279. The minimum Gasteiger partial charge on any atom is -0.459 e. The summed E-state index contributed by atoms with van der Waals surface area (Å²) in [5, 5.41) is 12.1. The fourth-order valence-electron chi connectivity index (χ4n) is 2.36. The zero-order valence-electron chi connectivity index (χ0n) is 15.6. The molecule has 1 aromatic heterocycles. The summed E-state index contributed by atoms with van der Waals surface area (Å²) in [6, 6.07) is 1.76. The molecule has 0 bridgehead atoms. The third-order valence-electron chi connectivity index (χ3n) is 3.97. The van der Waals surface area contributed by atoms with Gasteiger partial charge >= 0.3 is 0 Å². The first-order valence-corrected chi connectivity index (χ1v) is 9.24. The number of rotatable bonds is 10. The van der Waals surface area contributed by atoms with Gasteiger partial charge < -0.3 is 25.7 Å². The second-order valence-electron chi connectivity index (χ2n) is 6.29. The van der Waals surface area contributed by atoms with Crippen LogP contribution < -0.4 is 21.3 Å². The van der Waals surface area contributed by atoms with Gasteiger partial charge in [0.05, 0.1) is 6.26 Å². The molecule has 26 heavy (non-hydrogen) atoms. The summed E-state index contributed by atoms with van der Waals surface area (Å²) in [5.41, 5.74) is 0.827. The molecular weight excluding hydrogens is 334 g/mol. The summed E-state index contributed by atoms with van der Waals surface area (Å²) in [6.07, 6.45) is 4.26. The highest BCUT2D eigenvalue weighted by Gasteiger charge is 2.28. The Hall–Kier alpha value is -2.51. The largest absolute Gasteiger partial charge is 0.459 e. The van der Waals surface area contributed by atoms with Crippen LogP contribution in [0, 0.1) is 12.8 Å². The van der Waals surface area contributed by atoms with E-state index in [1.807, 2.05) is 13.8 Å². The van der Waals surface area contributed by atoms with Gasteiger partial charge in [-0.3, -0.25) is 14.6 Å². The predicted molar refractivity (Wildman–Crippen MR) is 100 cm³/mol. The van der Waals surface area contributed by atoms with Crippen LogP contribution >= 0.6 is 0 Å². The molecule has 2 rings (SSSR count). The Balaban J connectivity index is 1.60. The number of carbonyl (C=O) groups excluding carboxylic acids is 2. The van der Waals surface area contributed by atoms with E-state index in [-0.39, 0.29) is 17.7 Å². The Morgan fingerprint density at radius 3 is 2.58 bits per heavy atom. The molecule has 1 saturated carbocycles. The van der Waals surface area contributed by atoms with E-state index >= 15 is 0 Å². The third kappa shape index (κ3) is 6.78. The average molecular weight is 363 g/mol. The van der Waals surface area contributed by atoms with Gasteiger partial charge in [-0.2, -0.15) is 0 Å². The number of nitrogens with one attached hydrogen (secondary N) is 4. The topological polar surface area (TPSA) is 108 Å². The maximum atomic E-state index is 11.9. The lowest BCUT2D eigenvalue weighted by Crippen LogP contribution is -2.41. The van der Waals surface area contributed by atoms with E-state index in [0.29, 0.717) is 37.9 Å². The lowest BCUT2D eigenvalue weighted by molar-refractivity contribution is -0.122. The number of carbonyl (C=O) groups is 2. The monoisotopic (exact) mass is 363 g/mol. The maximum Gasteiger partial charge on any atom is 0.287 e. The van der Waals surface area contributed by atoms with Crippen molar-refractivity contribution in [2.75, 3.05) is 32.7 Å². The number of amides is 2. The van der Waals surface area contributed by atoms with Crippen LogP contribution in [-0.2, 0) is 4.79 Å². The van der Waals surface area contributed by atoms with Crippen molar-refractivity contribution in [3.8, 4) is 0 Å². The van der Waals surface area contributed by atoms with Crippen LogP contribution in [0.5, 0.6) is 0 Å². The summed E-state index contributed by atoms with van der Waals surface area (Å²) in [7, 11) is 0. The van der Waals surface area contributed by atoms with E-state index in [1.54, 1.807) is 6.07 Å². The minimum absolute atomic E-state index is 0.149. The van der Waals surface area contributed by atoms with Crippen molar-refractivity contribution in [2.45, 2.75) is 33.1 Å². The number of guanidine groups is 1. The van der Waals surface area contributed by atoms with Gasteiger partial charge in [0.2, 0.25) is 5.91 Å². The van der Waals surface area contributed by atoms with Gasteiger partial charge in [-0.05, 0) is 39.2 Å². The Morgan fingerprint density at radius 1 is 1.15 bits per heavy atom. The number of aliphatic imine (C=N–C) groups is 1. The number of hydrogen-bond donors (Lipinski definition) is 4. The highest BCUT2D eigenvalue weighted by molar-refractivity contribution is 5.92. The predicted octanol–water partition coefficient (Wildman–Crippen LogP) is 0.789. The first-order valence-electron chi connectivity index (χ1n) is 9.24. The zero-order chi connectivity index (χ0) is 18.8. The molecule has 2 amide bonds. The van der Waals surface area contributed by atoms with Crippen molar-refractivity contribution >= 4 is 17.8 Å². The molecule has 4 N–H and O–H groups in total. The number of furan rings is 1. The number of hydrogen-bond acceptors (Lipinski definition) is 4. The molecule has 0 aliphatic heterocycles. The second kappa shape index (κ2) is 10.5. The SMILES string of the molecule is CCNC(=NCCCNC(=O)c1occc1C)NCCNC(=O)C1CC1. The fourth-order valence-corrected chi connectivity index (χ4v) is 2.36. The van der Waals surface area contributed by atoms with E-state index < -0.39 is 0 Å². The molecule has 0 spiro atoms. The molecule has 8 heteroatoms. The van der Waals surface area contributed by atoms with Gasteiger partial charge in [-0.1, -0.05) is 0 Å². The maximum absolute atomic E-state index is 11.9. The molecular formula is C18H29N5O3. The minimum atomic E-state index is -0.201. The standard InChI is InChI=1S/C18H29N5O3/c1-3-19-18(23-11-10-21-16(24)14-5-6-14)22-9-4-8-20-17(25)15-13(2)7-12-26-15/h7,12,14H,3-6,8-11H2,1-2H3,(H,20,25)(H,21,24)(H2,19,22,23). The van der Waals surface area contributed by atoms with E-state index in [4.69, 9.17) is 4.42 Å². The first-order chi connectivity index (χ1) is 12.6. The average Bonchev–Trinajstić information content (AvgIpc) is 3.39. The smallest absolute Gasteiger partial charge is 0.287 e. The highest BCUT2D eigenvalue weighted by Crippen LogP contribution is 2.28. The van der Waals surface area contributed by atoms with Crippen LogP contribution in [0.25, 0.3) is 0 Å². The summed E-state index contributed by atoms with van der Waals surface area (Å²) in [5.74, 6) is 1.25. The van der Waals surface area contributed by atoms with Crippen LogP contribution in [0.15, 0.2) is 21.7 Å². The van der Waals surface area contributed by atoms with Gasteiger partial charge in [-0.15, -0.1) is 0 Å². The van der Waals surface area contributed by atoms with Gasteiger partial charge in [-0.25, -0.2) is 0 Å². The van der Waals surface area contributed by atoms with E-state index in [2.05, 4.69) is 26.3 Å². The zero-order valence-corrected chi connectivity index (χ0v) is 15.6. The molecule has 1 fully saturated rings. The van der Waals surface area contributed by atoms with E-state index in [9.17, 15) is 9.59 Å². The first kappa shape index (κ1) is 19.8. The highest BCUT2D eigenvalue weighted by atomic mass is 16.3. The summed E-state index contributed by atoms with van der Waals surface area (Å²) >= 11 is 0. The molecule has 0 atom stereocenters. The Morgan fingerprint density at radius 2 is 1.92 bits per heavy atom. The van der Waals surface area contributed by atoms with Crippen molar-refractivity contribution in [2.24, 2.45) is 10.9 Å². The van der Waals surface area contributed by atoms with Crippen molar-refractivity contribution < 1.29 is 14.0 Å². The molecule has 1 aromatic rings. The van der Waals surface area contributed by atoms with Gasteiger partial charge in [0.25, 0.3) is 5.91 Å². The molecule has 1 aliphatic rings. The number of nitrogens with zero attached hydrogens (tertiary/aromatic N) is 1. The third-order valence-corrected chi connectivity index (χ3v) is 3.97. The lowest BCUT2D eigenvalue weighted by atomic mass is 10.2. The Labute approximate surface area is 154 Å². The Kier molecular flexibility index (Phi) is 7.98. The molecule has 0 radical (unpaired) electrons. The van der Waals surface area contributed by atoms with Crippen molar-refractivity contribution in [1.82, 2.24) is 21.3 Å². The molecule has 144 valence electrons. The van der Waals surface area contributed by atoms with E-state index in [0.717, 1.165) is 31.4 Å². The second-order valence-corrected chi connectivity index (χ2v) is 6.29. The van der Waals surface area contributed by atoms with Crippen LogP contribution in [0.4, 0.5) is 0 Å². The van der Waals surface area contributed by atoms with Crippen molar-refractivity contribution in [3.63, 3.8) is 0 Å². The van der Waals surface area contributed by atoms with Gasteiger partial charge in [0.1, 0.15) is 0 Å². The summed E-state index contributed by atoms with van der Waals surface area (Å²) in [6.45, 7) is 6.91. The van der Waals surface area contributed by atoms with Crippen LogP contribution in [0.2, 0.25) is 0 Å². The fraction of sp³-hybridized carbons (Fsp3) is 0.611. The Bertz CT molecular complexity index is 622. The summed E-state index contributed by atoms with van der Waals surface area (Å²) in [4.78, 5) is 27.9. The van der Waals surface area contributed by atoms with Gasteiger partial charge in [0.15, 0.2) is 11.7 Å². The van der Waals surface area contributed by atoms with Crippen LogP contribution in [0.3, 0.4) is 0 Å². The van der Waals surface area contributed by atoms with Crippen molar-refractivity contribution in [1.29, 1.82) is 0 Å². The molecule has 1 aliphatic carbocycles. The molecule has 0 aromatic carbocycles. The van der Waals surface area contributed by atoms with Crippen molar-refractivity contribution in [3.05, 3.63) is 23.7 Å². The van der Waals surface area contributed by atoms with Crippen LogP contribution in [0.1, 0.15) is 42.3 Å². The molecule has 1 heterocycles. The van der Waals surface area contributed by atoms with Crippen LogP contribution in [-0.4, -0.2) is 50.5 Å². The molecule has 0 saturated heterocycles. The number of aryl methyl sites for hydroxylation is 1. The molecule has 8 nitrogen and oxygen atoms in total. The normalized spacial score (nSPS) is 14.0. The lowest BCUT2D eigenvalue weighted by Gasteiger charge is -2.12. The summed E-state index contributed by atoms with van der Waals surface area (Å²) < 4.78 is 5.15. The van der Waals surface area contributed by atoms with E-state index in [1.165, 1.54) is 6.26 Å². The molecule has 0 unspecified atom stereocenters. The van der Waals surface area contributed by atoms with Gasteiger partial charge in [0, 0.05) is 44.2 Å².